The first kappa shape index (κ1) is 9.69. The van der Waals surface area contributed by atoms with E-state index in [1.807, 2.05) is 13.0 Å². The van der Waals surface area contributed by atoms with E-state index in [0.717, 1.165) is 11.3 Å². The summed E-state index contributed by atoms with van der Waals surface area (Å²) in [6, 6.07) is 5.62. The number of aromatic amines is 1. The number of nitrogens with one attached hydrogen (secondary N) is 1. The zero-order valence-corrected chi connectivity index (χ0v) is 8.71. The predicted octanol–water partition coefficient (Wildman–Crippen LogP) is 2.31. The number of nitriles is 1. The summed E-state index contributed by atoms with van der Waals surface area (Å²) >= 11 is 5.88. The maximum absolute atomic E-state index is 8.83. The van der Waals surface area contributed by atoms with Gasteiger partial charge in [0, 0.05) is 6.20 Å². The van der Waals surface area contributed by atoms with E-state index < -0.39 is 0 Å². The molecule has 0 aliphatic carbocycles. The van der Waals surface area contributed by atoms with Gasteiger partial charge in [0.05, 0.1) is 17.0 Å². The Labute approximate surface area is 91.5 Å². The Balaban J connectivity index is 2.59. The molecule has 0 aliphatic heterocycles. The van der Waals surface area contributed by atoms with Crippen LogP contribution in [0, 0.1) is 18.3 Å². The molecule has 0 unspecified atom stereocenters. The Bertz CT molecular complexity index is 502. The number of H-pyrrole nitrogens is 1. The number of halogens is 1. The van der Waals surface area contributed by atoms with Gasteiger partial charge < -0.3 is 0 Å². The largest absolute Gasteiger partial charge is 0.276 e. The first-order valence-electron chi connectivity index (χ1n) is 4.29. The minimum Gasteiger partial charge on any atom is -0.276 e. The van der Waals surface area contributed by atoms with E-state index in [1.165, 1.54) is 0 Å². The molecule has 1 N–H and O–H groups in total. The van der Waals surface area contributed by atoms with Crippen LogP contribution in [0.4, 0.5) is 0 Å². The summed E-state index contributed by atoms with van der Waals surface area (Å²) in [5.41, 5.74) is 2.69. The van der Waals surface area contributed by atoms with Crippen molar-refractivity contribution in [2.45, 2.75) is 6.92 Å². The van der Waals surface area contributed by atoms with Gasteiger partial charge in [-0.2, -0.15) is 10.4 Å². The van der Waals surface area contributed by atoms with Crippen molar-refractivity contribution < 1.29 is 0 Å². The van der Waals surface area contributed by atoms with Crippen LogP contribution in [0.15, 0.2) is 18.3 Å². The molecule has 0 aromatic carbocycles. The highest BCUT2D eigenvalue weighted by atomic mass is 35.5. The lowest BCUT2D eigenvalue weighted by atomic mass is 10.1. The van der Waals surface area contributed by atoms with Crippen molar-refractivity contribution >= 4 is 11.6 Å². The summed E-state index contributed by atoms with van der Waals surface area (Å²) in [5.74, 6) is 0. The van der Waals surface area contributed by atoms with Crippen molar-refractivity contribution in [3.8, 4) is 17.5 Å². The van der Waals surface area contributed by atoms with Gasteiger partial charge in [-0.15, -0.1) is 0 Å². The van der Waals surface area contributed by atoms with Gasteiger partial charge in [0.15, 0.2) is 0 Å². The van der Waals surface area contributed by atoms with Crippen LogP contribution in [0.2, 0.25) is 5.15 Å². The van der Waals surface area contributed by atoms with Gasteiger partial charge in [-0.25, -0.2) is 4.98 Å². The highest BCUT2D eigenvalue weighted by Gasteiger charge is 2.09. The molecule has 0 atom stereocenters. The van der Waals surface area contributed by atoms with Crippen LogP contribution in [0.25, 0.3) is 11.4 Å². The SMILES string of the molecule is Cc1cc(-c2ccn[nH]2)nc(Cl)c1C#N. The van der Waals surface area contributed by atoms with E-state index in [-0.39, 0.29) is 5.15 Å². The maximum atomic E-state index is 8.83. The normalized spacial score (nSPS) is 9.93. The van der Waals surface area contributed by atoms with Crippen molar-refractivity contribution in [2.75, 3.05) is 0 Å². The summed E-state index contributed by atoms with van der Waals surface area (Å²) in [7, 11) is 0. The monoisotopic (exact) mass is 218 g/mol. The molecule has 15 heavy (non-hydrogen) atoms. The van der Waals surface area contributed by atoms with E-state index in [4.69, 9.17) is 16.9 Å². The highest BCUT2D eigenvalue weighted by Crippen LogP contribution is 2.22. The lowest BCUT2D eigenvalue weighted by Crippen LogP contribution is -1.92. The molecule has 2 rings (SSSR count). The molecular formula is C10H7ClN4. The van der Waals surface area contributed by atoms with Crippen LogP contribution in [-0.4, -0.2) is 15.2 Å². The smallest absolute Gasteiger partial charge is 0.147 e. The molecule has 0 bridgehead atoms. The van der Waals surface area contributed by atoms with Gasteiger partial charge >= 0.3 is 0 Å². The molecule has 0 radical (unpaired) electrons. The van der Waals surface area contributed by atoms with Crippen LogP contribution < -0.4 is 0 Å². The second-order valence-corrected chi connectivity index (χ2v) is 3.43. The quantitative estimate of drug-likeness (QED) is 0.747. The van der Waals surface area contributed by atoms with Crippen LogP contribution in [-0.2, 0) is 0 Å². The Morgan fingerprint density at radius 1 is 1.53 bits per heavy atom. The molecule has 4 nitrogen and oxygen atoms in total. The van der Waals surface area contributed by atoms with E-state index in [9.17, 15) is 0 Å². The molecule has 0 spiro atoms. The van der Waals surface area contributed by atoms with Gasteiger partial charge in [-0.3, -0.25) is 5.10 Å². The summed E-state index contributed by atoms with van der Waals surface area (Å²) in [6.45, 7) is 1.83. The second kappa shape index (κ2) is 3.71. The first-order valence-corrected chi connectivity index (χ1v) is 4.67. The number of aryl methyl sites for hydroxylation is 1. The zero-order chi connectivity index (χ0) is 10.8. The van der Waals surface area contributed by atoms with Crippen molar-refractivity contribution in [2.24, 2.45) is 0 Å². The molecule has 74 valence electrons. The van der Waals surface area contributed by atoms with Crippen molar-refractivity contribution in [3.63, 3.8) is 0 Å². The van der Waals surface area contributed by atoms with Gasteiger partial charge in [-0.05, 0) is 24.6 Å². The van der Waals surface area contributed by atoms with Crippen LogP contribution >= 0.6 is 11.6 Å². The third kappa shape index (κ3) is 1.69. The third-order valence-electron chi connectivity index (χ3n) is 2.06. The third-order valence-corrected chi connectivity index (χ3v) is 2.33. The van der Waals surface area contributed by atoms with Gasteiger partial charge in [0.2, 0.25) is 0 Å². The first-order chi connectivity index (χ1) is 7.22. The lowest BCUT2D eigenvalue weighted by molar-refractivity contribution is 1.08. The zero-order valence-electron chi connectivity index (χ0n) is 7.95. The van der Waals surface area contributed by atoms with Gasteiger partial charge in [-0.1, -0.05) is 11.6 Å². The minimum absolute atomic E-state index is 0.224. The summed E-state index contributed by atoms with van der Waals surface area (Å²) in [4.78, 5) is 4.12. The average Bonchev–Trinajstić information content (AvgIpc) is 2.69. The second-order valence-electron chi connectivity index (χ2n) is 3.07. The summed E-state index contributed by atoms with van der Waals surface area (Å²) < 4.78 is 0. The van der Waals surface area contributed by atoms with Crippen molar-refractivity contribution in [1.29, 1.82) is 5.26 Å². The van der Waals surface area contributed by atoms with Crippen LogP contribution in [0.5, 0.6) is 0 Å². The highest BCUT2D eigenvalue weighted by molar-refractivity contribution is 6.30. The van der Waals surface area contributed by atoms with E-state index in [2.05, 4.69) is 15.2 Å². The average molecular weight is 219 g/mol. The molecule has 0 aliphatic rings. The fourth-order valence-electron chi connectivity index (χ4n) is 1.30. The minimum atomic E-state index is 0.224. The van der Waals surface area contributed by atoms with E-state index in [0.29, 0.717) is 11.3 Å². The van der Waals surface area contributed by atoms with Crippen LogP contribution in [0.3, 0.4) is 0 Å². The number of aromatic nitrogens is 3. The molecule has 0 amide bonds. The number of hydrogen-bond acceptors (Lipinski definition) is 3. The Morgan fingerprint density at radius 2 is 2.33 bits per heavy atom. The molecule has 2 heterocycles. The fraction of sp³-hybridized carbons (Fsp3) is 0.100. The topological polar surface area (TPSA) is 65.4 Å². The lowest BCUT2D eigenvalue weighted by Gasteiger charge is -2.02. The number of rotatable bonds is 1. The summed E-state index contributed by atoms with van der Waals surface area (Å²) in [5, 5.41) is 15.7. The predicted molar refractivity (Wildman–Crippen MR) is 56.3 cm³/mol. The standard InChI is InChI=1S/C10H7ClN4/c1-6-4-9(8-2-3-13-15-8)14-10(11)7(6)5-12/h2-4H,1H3,(H,13,15). The Kier molecular flexibility index (Phi) is 2.40. The molecule has 0 saturated carbocycles. The molecule has 0 fully saturated rings. The number of nitrogens with zero attached hydrogens (tertiary/aromatic N) is 3. The number of pyridine rings is 1. The molecule has 2 aromatic heterocycles. The van der Waals surface area contributed by atoms with Gasteiger partial charge in [0.25, 0.3) is 0 Å². The maximum Gasteiger partial charge on any atom is 0.147 e. The fourth-order valence-corrected chi connectivity index (χ4v) is 1.59. The number of hydrogen-bond donors (Lipinski definition) is 1. The molecule has 2 aromatic rings. The van der Waals surface area contributed by atoms with Crippen LogP contribution in [0.1, 0.15) is 11.1 Å². The Morgan fingerprint density at radius 3 is 2.87 bits per heavy atom. The molecular weight excluding hydrogens is 212 g/mol. The van der Waals surface area contributed by atoms with Crippen molar-refractivity contribution in [3.05, 3.63) is 34.6 Å². The molecule has 0 saturated heterocycles. The summed E-state index contributed by atoms with van der Waals surface area (Å²) in [6.07, 6.45) is 1.64. The van der Waals surface area contributed by atoms with Gasteiger partial charge in [0.1, 0.15) is 11.2 Å². The molecule has 5 heteroatoms. The van der Waals surface area contributed by atoms with E-state index in [1.54, 1.807) is 18.3 Å². The van der Waals surface area contributed by atoms with E-state index >= 15 is 0 Å². The Hall–Kier alpha value is -1.86. The van der Waals surface area contributed by atoms with Crippen molar-refractivity contribution in [1.82, 2.24) is 15.2 Å².